The molecule has 1 heterocycles. The molecule has 2 rings (SSSR count). The van der Waals surface area contributed by atoms with Crippen LogP contribution in [0.2, 0.25) is 0 Å². The molecule has 1 aromatic carbocycles. The van der Waals surface area contributed by atoms with E-state index in [-0.39, 0.29) is 0 Å². The lowest BCUT2D eigenvalue weighted by molar-refractivity contribution is 1.33. The van der Waals surface area contributed by atoms with Crippen LogP contribution in [-0.4, -0.2) is 4.98 Å². The summed E-state index contributed by atoms with van der Waals surface area (Å²) in [6, 6.07) is 6.34. The van der Waals surface area contributed by atoms with Crippen molar-refractivity contribution in [1.82, 2.24) is 4.98 Å². The molecule has 72 valence electrons. The van der Waals surface area contributed by atoms with Gasteiger partial charge in [-0.2, -0.15) is 0 Å². The number of hydrogen-bond donors (Lipinski definition) is 1. The topological polar surface area (TPSA) is 38.9 Å². The van der Waals surface area contributed by atoms with Gasteiger partial charge in [-0.15, -0.1) is 11.3 Å². The molecule has 0 bridgehead atoms. The zero-order chi connectivity index (χ0) is 10.1. The van der Waals surface area contributed by atoms with Gasteiger partial charge in [0.2, 0.25) is 0 Å². The smallest absolute Gasteiger partial charge is 0.135 e. The largest absolute Gasteiger partial charge is 0.383 e. The van der Waals surface area contributed by atoms with Gasteiger partial charge < -0.3 is 5.73 Å². The minimum absolute atomic E-state index is 0.600. The third-order valence-electron chi connectivity index (χ3n) is 2.28. The number of aryl methyl sites for hydroxylation is 2. The molecule has 2 aromatic rings. The SMILES string of the molecule is Cc1ccc(-c2nc(N)cs2)cc1C. The van der Waals surface area contributed by atoms with Crippen molar-refractivity contribution in [2.75, 3.05) is 5.73 Å². The maximum atomic E-state index is 5.58. The van der Waals surface area contributed by atoms with Crippen molar-refractivity contribution in [1.29, 1.82) is 0 Å². The minimum atomic E-state index is 0.600. The number of nitrogens with zero attached hydrogens (tertiary/aromatic N) is 1. The van der Waals surface area contributed by atoms with E-state index in [2.05, 4.69) is 37.0 Å². The highest BCUT2D eigenvalue weighted by atomic mass is 32.1. The highest BCUT2D eigenvalue weighted by molar-refractivity contribution is 7.13. The number of anilines is 1. The summed E-state index contributed by atoms with van der Waals surface area (Å²) in [5.74, 6) is 0.600. The van der Waals surface area contributed by atoms with Crippen LogP contribution in [-0.2, 0) is 0 Å². The summed E-state index contributed by atoms with van der Waals surface area (Å²) in [5, 5.41) is 2.86. The van der Waals surface area contributed by atoms with Crippen molar-refractivity contribution in [3.05, 3.63) is 34.7 Å². The van der Waals surface area contributed by atoms with Gasteiger partial charge in [-0.3, -0.25) is 0 Å². The van der Waals surface area contributed by atoms with Crippen molar-refractivity contribution in [3.8, 4) is 10.6 Å². The molecule has 3 heteroatoms. The van der Waals surface area contributed by atoms with Crippen LogP contribution < -0.4 is 5.73 Å². The molecule has 0 saturated carbocycles. The molecule has 0 unspecified atom stereocenters. The molecule has 0 amide bonds. The van der Waals surface area contributed by atoms with E-state index < -0.39 is 0 Å². The molecule has 2 N–H and O–H groups in total. The number of thiazole rings is 1. The summed E-state index contributed by atoms with van der Waals surface area (Å²) < 4.78 is 0. The van der Waals surface area contributed by atoms with Crippen LogP contribution in [0, 0.1) is 13.8 Å². The van der Waals surface area contributed by atoms with Crippen LogP contribution in [0.1, 0.15) is 11.1 Å². The Balaban J connectivity index is 2.47. The minimum Gasteiger partial charge on any atom is -0.383 e. The fraction of sp³-hybridized carbons (Fsp3) is 0.182. The normalized spacial score (nSPS) is 10.4. The molecule has 0 aliphatic rings. The predicted molar refractivity (Wildman–Crippen MR) is 61.4 cm³/mol. The number of aromatic nitrogens is 1. The lowest BCUT2D eigenvalue weighted by Gasteiger charge is -2.01. The second kappa shape index (κ2) is 3.42. The summed E-state index contributed by atoms with van der Waals surface area (Å²) in [6.45, 7) is 4.21. The van der Waals surface area contributed by atoms with E-state index in [1.54, 1.807) is 11.3 Å². The van der Waals surface area contributed by atoms with E-state index in [1.165, 1.54) is 11.1 Å². The van der Waals surface area contributed by atoms with Gasteiger partial charge in [0.15, 0.2) is 0 Å². The van der Waals surface area contributed by atoms with E-state index in [4.69, 9.17) is 5.73 Å². The second-order valence-electron chi connectivity index (χ2n) is 3.38. The van der Waals surface area contributed by atoms with Crippen LogP contribution >= 0.6 is 11.3 Å². The Morgan fingerprint density at radius 3 is 2.57 bits per heavy atom. The van der Waals surface area contributed by atoms with Gasteiger partial charge in [0.1, 0.15) is 10.8 Å². The number of nitrogens with two attached hydrogens (primary N) is 1. The molecule has 0 saturated heterocycles. The Kier molecular flexibility index (Phi) is 2.25. The fourth-order valence-electron chi connectivity index (χ4n) is 1.29. The van der Waals surface area contributed by atoms with Crippen molar-refractivity contribution < 1.29 is 0 Å². The molecular formula is C11H12N2S. The lowest BCUT2D eigenvalue weighted by Crippen LogP contribution is -1.85. The quantitative estimate of drug-likeness (QED) is 0.775. The fourth-order valence-corrected chi connectivity index (χ4v) is 2.00. The Morgan fingerprint density at radius 1 is 1.21 bits per heavy atom. The highest BCUT2D eigenvalue weighted by Gasteiger charge is 2.03. The molecule has 2 nitrogen and oxygen atoms in total. The molecule has 1 aromatic heterocycles. The maximum Gasteiger partial charge on any atom is 0.135 e. The van der Waals surface area contributed by atoms with Crippen LogP contribution in [0.4, 0.5) is 5.82 Å². The third-order valence-corrected chi connectivity index (χ3v) is 3.19. The Morgan fingerprint density at radius 2 is 2.00 bits per heavy atom. The Hall–Kier alpha value is -1.35. The predicted octanol–water partition coefficient (Wildman–Crippen LogP) is 3.01. The third kappa shape index (κ3) is 1.63. The van der Waals surface area contributed by atoms with E-state index in [0.717, 1.165) is 10.6 Å². The first-order valence-electron chi connectivity index (χ1n) is 4.45. The number of rotatable bonds is 1. The van der Waals surface area contributed by atoms with Gasteiger partial charge in [0.05, 0.1) is 0 Å². The molecule has 0 radical (unpaired) electrons. The van der Waals surface area contributed by atoms with Crippen LogP contribution in [0.15, 0.2) is 23.6 Å². The van der Waals surface area contributed by atoms with Gasteiger partial charge in [-0.1, -0.05) is 12.1 Å². The van der Waals surface area contributed by atoms with Crippen molar-refractivity contribution in [2.45, 2.75) is 13.8 Å². The second-order valence-corrected chi connectivity index (χ2v) is 4.23. The van der Waals surface area contributed by atoms with Gasteiger partial charge >= 0.3 is 0 Å². The molecular weight excluding hydrogens is 192 g/mol. The number of benzene rings is 1. The summed E-state index contributed by atoms with van der Waals surface area (Å²) in [5.41, 5.74) is 9.32. The Bertz CT molecular complexity index is 460. The molecule has 0 aliphatic carbocycles. The summed E-state index contributed by atoms with van der Waals surface area (Å²) in [6.07, 6.45) is 0. The van der Waals surface area contributed by atoms with Crippen molar-refractivity contribution >= 4 is 17.2 Å². The van der Waals surface area contributed by atoms with Crippen LogP contribution in [0.3, 0.4) is 0 Å². The summed E-state index contributed by atoms with van der Waals surface area (Å²) in [7, 11) is 0. The monoisotopic (exact) mass is 204 g/mol. The van der Waals surface area contributed by atoms with Crippen molar-refractivity contribution in [3.63, 3.8) is 0 Å². The first kappa shape index (κ1) is 9.21. The van der Waals surface area contributed by atoms with E-state index >= 15 is 0 Å². The van der Waals surface area contributed by atoms with Gasteiger partial charge in [0, 0.05) is 10.9 Å². The van der Waals surface area contributed by atoms with Gasteiger partial charge in [-0.05, 0) is 31.0 Å². The molecule has 14 heavy (non-hydrogen) atoms. The van der Waals surface area contributed by atoms with Gasteiger partial charge in [0.25, 0.3) is 0 Å². The summed E-state index contributed by atoms with van der Waals surface area (Å²) in [4.78, 5) is 4.25. The highest BCUT2D eigenvalue weighted by Crippen LogP contribution is 2.26. The lowest BCUT2D eigenvalue weighted by atomic mass is 10.1. The average molecular weight is 204 g/mol. The molecule has 0 spiro atoms. The zero-order valence-corrected chi connectivity index (χ0v) is 9.06. The molecule has 0 atom stereocenters. The zero-order valence-electron chi connectivity index (χ0n) is 8.24. The first-order chi connectivity index (χ1) is 6.66. The van der Waals surface area contributed by atoms with Gasteiger partial charge in [-0.25, -0.2) is 4.98 Å². The number of nitrogen functional groups attached to an aromatic ring is 1. The van der Waals surface area contributed by atoms with Crippen molar-refractivity contribution in [2.24, 2.45) is 0 Å². The first-order valence-corrected chi connectivity index (χ1v) is 5.33. The van der Waals surface area contributed by atoms with E-state index in [0.29, 0.717) is 5.82 Å². The average Bonchev–Trinajstić information content (AvgIpc) is 2.57. The maximum absolute atomic E-state index is 5.58. The number of hydrogen-bond acceptors (Lipinski definition) is 3. The standard InChI is InChI=1S/C11H12N2S/c1-7-3-4-9(5-8(7)2)11-13-10(12)6-14-11/h3-6H,12H2,1-2H3. The Labute approximate surface area is 87.4 Å². The molecule has 0 aliphatic heterocycles. The van der Waals surface area contributed by atoms with E-state index in [1.807, 2.05) is 5.38 Å². The summed E-state index contributed by atoms with van der Waals surface area (Å²) >= 11 is 1.58. The van der Waals surface area contributed by atoms with E-state index in [9.17, 15) is 0 Å². The van der Waals surface area contributed by atoms with Crippen LogP contribution in [0.25, 0.3) is 10.6 Å². The van der Waals surface area contributed by atoms with Crippen LogP contribution in [0.5, 0.6) is 0 Å². The molecule has 0 fully saturated rings.